The number of fused-ring (bicyclic) bond motifs is 3. The maximum Gasteiger partial charge on any atom is 0.236 e. The van der Waals surface area contributed by atoms with Crippen LogP contribution in [0.3, 0.4) is 0 Å². The Hall–Kier alpha value is -2.87. The van der Waals surface area contributed by atoms with Crippen molar-refractivity contribution in [3.05, 3.63) is 52.3 Å². The number of rotatable bonds is 4. The van der Waals surface area contributed by atoms with Crippen LogP contribution in [0, 0.1) is 6.92 Å². The van der Waals surface area contributed by atoms with E-state index in [4.69, 9.17) is 9.84 Å². The lowest BCUT2D eigenvalue weighted by atomic mass is 9.67. The van der Waals surface area contributed by atoms with E-state index in [0.29, 0.717) is 30.1 Å². The van der Waals surface area contributed by atoms with Crippen molar-refractivity contribution < 1.29 is 4.74 Å². The van der Waals surface area contributed by atoms with E-state index in [2.05, 4.69) is 20.2 Å². The van der Waals surface area contributed by atoms with E-state index in [9.17, 15) is 0 Å². The Labute approximate surface area is 171 Å². The summed E-state index contributed by atoms with van der Waals surface area (Å²) in [6.07, 6.45) is 6.59. The summed E-state index contributed by atoms with van der Waals surface area (Å²) in [5.74, 6) is 2.38. The Morgan fingerprint density at radius 1 is 1.10 bits per heavy atom. The molecule has 4 heterocycles. The highest BCUT2D eigenvalue weighted by molar-refractivity contribution is 7.13. The highest BCUT2D eigenvalue weighted by Gasteiger charge is 2.39. The van der Waals surface area contributed by atoms with Crippen molar-refractivity contribution in [3.8, 4) is 16.7 Å². The van der Waals surface area contributed by atoms with Gasteiger partial charge in [-0.05, 0) is 56.6 Å². The summed E-state index contributed by atoms with van der Waals surface area (Å²) in [4.78, 5) is 8.97. The van der Waals surface area contributed by atoms with Crippen LogP contribution in [-0.4, -0.2) is 29.8 Å². The molecule has 0 atom stereocenters. The predicted octanol–water partition coefficient (Wildman–Crippen LogP) is 4.29. The number of pyridine rings is 1. The maximum absolute atomic E-state index is 6.25. The SMILES string of the molecule is Cc1csc(-c2nnc3c4c(c(OCc5ccccn5)nn23)C2CCC4CC2)n1. The normalized spacial score (nSPS) is 20.2. The van der Waals surface area contributed by atoms with Crippen molar-refractivity contribution in [2.45, 2.75) is 51.0 Å². The molecule has 0 unspecified atom stereocenters. The molecule has 1 saturated carbocycles. The van der Waals surface area contributed by atoms with E-state index < -0.39 is 0 Å². The molecular weight excluding hydrogens is 384 g/mol. The number of hydrogen-bond acceptors (Lipinski definition) is 7. The summed E-state index contributed by atoms with van der Waals surface area (Å²) in [6.45, 7) is 2.38. The van der Waals surface area contributed by atoms with E-state index >= 15 is 0 Å². The minimum absolute atomic E-state index is 0.400. The second-order valence-electron chi connectivity index (χ2n) is 7.84. The van der Waals surface area contributed by atoms with Gasteiger partial charge in [-0.3, -0.25) is 4.98 Å². The molecule has 29 heavy (non-hydrogen) atoms. The number of aryl methyl sites for hydroxylation is 1. The van der Waals surface area contributed by atoms with E-state index in [-0.39, 0.29) is 0 Å². The fourth-order valence-corrected chi connectivity index (χ4v) is 5.48. The van der Waals surface area contributed by atoms with Gasteiger partial charge in [0.15, 0.2) is 10.7 Å². The van der Waals surface area contributed by atoms with Gasteiger partial charge in [0.05, 0.1) is 5.69 Å². The van der Waals surface area contributed by atoms with Gasteiger partial charge in [-0.25, -0.2) is 4.98 Å². The molecule has 146 valence electrons. The molecule has 0 aliphatic heterocycles. The Kier molecular flexibility index (Phi) is 3.87. The van der Waals surface area contributed by atoms with E-state index in [1.54, 1.807) is 17.5 Å². The second-order valence-corrected chi connectivity index (χ2v) is 8.70. The summed E-state index contributed by atoms with van der Waals surface area (Å²) in [6, 6.07) is 5.86. The molecule has 3 aliphatic carbocycles. The van der Waals surface area contributed by atoms with Crippen molar-refractivity contribution in [2.24, 2.45) is 0 Å². The third kappa shape index (κ3) is 2.73. The molecule has 8 heteroatoms. The average molecular weight is 404 g/mol. The van der Waals surface area contributed by atoms with Gasteiger partial charge in [0.25, 0.3) is 0 Å². The van der Waals surface area contributed by atoms with Crippen LogP contribution in [-0.2, 0) is 6.61 Å². The smallest absolute Gasteiger partial charge is 0.236 e. The lowest BCUT2D eigenvalue weighted by Gasteiger charge is -2.38. The van der Waals surface area contributed by atoms with Crippen LogP contribution >= 0.6 is 11.3 Å². The monoisotopic (exact) mass is 404 g/mol. The van der Waals surface area contributed by atoms with Crippen LogP contribution in [0.25, 0.3) is 16.5 Å². The van der Waals surface area contributed by atoms with Gasteiger partial charge < -0.3 is 4.74 Å². The third-order valence-electron chi connectivity index (χ3n) is 6.03. The summed E-state index contributed by atoms with van der Waals surface area (Å²) < 4.78 is 8.09. The number of nitrogens with zero attached hydrogens (tertiary/aromatic N) is 6. The molecule has 0 saturated heterocycles. The second kappa shape index (κ2) is 6.59. The zero-order valence-corrected chi connectivity index (χ0v) is 16.9. The Balaban J connectivity index is 1.51. The highest BCUT2D eigenvalue weighted by Crippen LogP contribution is 2.53. The van der Waals surface area contributed by atoms with Gasteiger partial charge in [-0.15, -0.1) is 26.6 Å². The molecule has 0 N–H and O–H groups in total. The fourth-order valence-electron chi connectivity index (χ4n) is 4.71. The summed E-state index contributed by atoms with van der Waals surface area (Å²) >= 11 is 1.57. The number of hydrogen-bond donors (Lipinski definition) is 0. The Bertz CT molecular complexity index is 1190. The van der Waals surface area contributed by atoms with E-state index in [0.717, 1.165) is 22.0 Å². The molecule has 0 amide bonds. The quantitative estimate of drug-likeness (QED) is 0.505. The predicted molar refractivity (Wildman–Crippen MR) is 109 cm³/mol. The first-order chi connectivity index (χ1) is 14.3. The topological polar surface area (TPSA) is 78.1 Å². The van der Waals surface area contributed by atoms with Crippen LogP contribution in [0.2, 0.25) is 0 Å². The Morgan fingerprint density at radius 3 is 2.66 bits per heavy atom. The molecule has 3 aliphatic rings. The number of thiazole rings is 1. The van der Waals surface area contributed by atoms with Crippen molar-refractivity contribution in [1.29, 1.82) is 0 Å². The minimum Gasteiger partial charge on any atom is -0.470 e. The molecule has 7 nitrogen and oxygen atoms in total. The third-order valence-corrected chi connectivity index (χ3v) is 6.99. The summed E-state index contributed by atoms with van der Waals surface area (Å²) in [7, 11) is 0. The van der Waals surface area contributed by atoms with E-state index in [1.165, 1.54) is 36.8 Å². The number of ether oxygens (including phenoxy) is 1. The van der Waals surface area contributed by atoms with Crippen LogP contribution < -0.4 is 4.74 Å². The molecule has 0 radical (unpaired) electrons. The van der Waals surface area contributed by atoms with Gasteiger partial charge in [0.1, 0.15) is 6.61 Å². The summed E-state index contributed by atoms with van der Waals surface area (Å²) in [5.41, 5.74) is 5.26. The standard InChI is InChI=1S/C21H20N6OS/c1-12-11-29-21(23-12)19-25-24-18-16-13-5-7-14(8-6-13)17(16)20(26-27(18)19)28-10-15-4-2-3-9-22-15/h2-4,9,11,13-14H,5-8,10H2,1H3. The molecule has 0 spiro atoms. The molecule has 0 aromatic carbocycles. The summed E-state index contributed by atoms with van der Waals surface area (Å²) in [5, 5.41) is 16.7. The van der Waals surface area contributed by atoms with Crippen molar-refractivity contribution in [1.82, 2.24) is 29.8 Å². The Morgan fingerprint density at radius 2 is 1.93 bits per heavy atom. The zero-order valence-electron chi connectivity index (χ0n) is 16.1. The van der Waals surface area contributed by atoms with Crippen molar-refractivity contribution >= 4 is 17.0 Å². The molecule has 7 rings (SSSR count). The molecule has 4 aromatic heterocycles. The van der Waals surface area contributed by atoms with Gasteiger partial charge in [-0.2, -0.15) is 4.52 Å². The maximum atomic E-state index is 6.25. The largest absolute Gasteiger partial charge is 0.470 e. The molecule has 1 fully saturated rings. The first-order valence-corrected chi connectivity index (χ1v) is 10.9. The molecular formula is C21H20N6OS. The first-order valence-electron chi connectivity index (χ1n) is 10.0. The molecule has 2 bridgehead atoms. The van der Waals surface area contributed by atoms with Gasteiger partial charge in [0.2, 0.25) is 11.7 Å². The van der Waals surface area contributed by atoms with Crippen molar-refractivity contribution in [3.63, 3.8) is 0 Å². The van der Waals surface area contributed by atoms with Gasteiger partial charge in [-0.1, -0.05) is 6.07 Å². The number of aromatic nitrogens is 6. The molecule has 4 aromatic rings. The van der Waals surface area contributed by atoms with Gasteiger partial charge >= 0.3 is 0 Å². The fraction of sp³-hybridized carbons (Fsp3) is 0.381. The van der Waals surface area contributed by atoms with Crippen molar-refractivity contribution in [2.75, 3.05) is 0 Å². The minimum atomic E-state index is 0.400. The lowest BCUT2D eigenvalue weighted by molar-refractivity contribution is 0.265. The highest BCUT2D eigenvalue weighted by atomic mass is 32.1. The van der Waals surface area contributed by atoms with E-state index in [1.807, 2.05) is 35.0 Å². The van der Waals surface area contributed by atoms with Gasteiger partial charge in [0, 0.05) is 28.4 Å². The lowest BCUT2D eigenvalue weighted by Crippen LogP contribution is -2.25. The van der Waals surface area contributed by atoms with Crippen LogP contribution in [0.4, 0.5) is 0 Å². The van der Waals surface area contributed by atoms with Crippen LogP contribution in [0.15, 0.2) is 29.8 Å². The zero-order chi connectivity index (χ0) is 19.4. The first kappa shape index (κ1) is 17.0. The van der Waals surface area contributed by atoms with Crippen LogP contribution in [0.5, 0.6) is 5.88 Å². The average Bonchev–Trinajstić information content (AvgIpc) is 3.39. The van der Waals surface area contributed by atoms with Crippen LogP contribution in [0.1, 0.15) is 60.0 Å².